The van der Waals surface area contributed by atoms with Crippen LogP contribution in [0.3, 0.4) is 0 Å². The van der Waals surface area contributed by atoms with E-state index in [0.717, 1.165) is 12.8 Å². The van der Waals surface area contributed by atoms with Crippen molar-refractivity contribution in [2.75, 3.05) is 11.9 Å². The fraction of sp³-hybridized carbons (Fsp3) is 0.778. The number of carbonyl (C=O) groups excluding carboxylic acids is 2. The standard InChI is InChI=1S/C9H12BrNO3/c1-9(5-10)8(13)11-4-2-3-6(11)7(12)14-9/h6H,2-5H2,1H3/t6-,9-/m1/s1. The molecule has 4 nitrogen and oxygen atoms in total. The lowest BCUT2D eigenvalue weighted by Gasteiger charge is -2.39. The van der Waals surface area contributed by atoms with Crippen molar-refractivity contribution >= 4 is 27.8 Å². The highest BCUT2D eigenvalue weighted by Gasteiger charge is 2.51. The monoisotopic (exact) mass is 261 g/mol. The van der Waals surface area contributed by atoms with Gasteiger partial charge in [-0.1, -0.05) is 15.9 Å². The Bertz CT molecular complexity index is 294. The van der Waals surface area contributed by atoms with E-state index in [1.54, 1.807) is 11.8 Å². The van der Waals surface area contributed by atoms with Crippen molar-refractivity contribution in [3.8, 4) is 0 Å². The van der Waals surface area contributed by atoms with E-state index in [9.17, 15) is 9.59 Å². The van der Waals surface area contributed by atoms with E-state index in [1.807, 2.05) is 0 Å². The quantitative estimate of drug-likeness (QED) is 0.516. The number of carbonyl (C=O) groups is 2. The van der Waals surface area contributed by atoms with Crippen LogP contribution in [0.5, 0.6) is 0 Å². The van der Waals surface area contributed by atoms with Crippen LogP contribution in [-0.4, -0.2) is 40.3 Å². The van der Waals surface area contributed by atoms with Crippen LogP contribution in [0.1, 0.15) is 19.8 Å². The fourth-order valence-corrected chi connectivity index (χ4v) is 2.33. The van der Waals surface area contributed by atoms with Gasteiger partial charge in [-0.2, -0.15) is 0 Å². The van der Waals surface area contributed by atoms with E-state index in [1.165, 1.54) is 0 Å². The Labute approximate surface area is 90.7 Å². The highest BCUT2D eigenvalue weighted by molar-refractivity contribution is 9.09. The third-order valence-electron chi connectivity index (χ3n) is 2.82. The summed E-state index contributed by atoms with van der Waals surface area (Å²) in [5.41, 5.74) is -1.00. The normalized spacial score (nSPS) is 37.0. The van der Waals surface area contributed by atoms with Gasteiger partial charge in [0, 0.05) is 6.54 Å². The van der Waals surface area contributed by atoms with Gasteiger partial charge in [-0.25, -0.2) is 4.79 Å². The number of fused-ring (bicyclic) bond motifs is 1. The van der Waals surface area contributed by atoms with Crippen molar-refractivity contribution in [3.63, 3.8) is 0 Å². The van der Waals surface area contributed by atoms with Crippen LogP contribution in [-0.2, 0) is 14.3 Å². The van der Waals surface area contributed by atoms with Gasteiger partial charge in [-0.15, -0.1) is 0 Å². The second-order valence-corrected chi connectivity index (χ2v) is 4.50. The lowest BCUT2D eigenvalue weighted by molar-refractivity contribution is -0.185. The van der Waals surface area contributed by atoms with Gasteiger partial charge in [0.25, 0.3) is 5.91 Å². The first-order chi connectivity index (χ1) is 6.58. The zero-order valence-corrected chi connectivity index (χ0v) is 9.54. The second kappa shape index (κ2) is 3.22. The molecule has 5 heteroatoms. The molecule has 2 heterocycles. The maximum atomic E-state index is 11.9. The third kappa shape index (κ3) is 1.26. The van der Waals surface area contributed by atoms with Crippen molar-refractivity contribution in [2.24, 2.45) is 0 Å². The van der Waals surface area contributed by atoms with Crippen molar-refractivity contribution in [3.05, 3.63) is 0 Å². The Morgan fingerprint density at radius 3 is 3.00 bits per heavy atom. The Kier molecular flexibility index (Phi) is 2.29. The van der Waals surface area contributed by atoms with E-state index in [0.29, 0.717) is 11.9 Å². The van der Waals surface area contributed by atoms with Crippen molar-refractivity contribution in [2.45, 2.75) is 31.4 Å². The summed E-state index contributed by atoms with van der Waals surface area (Å²) in [6.45, 7) is 2.33. The highest BCUT2D eigenvalue weighted by Crippen LogP contribution is 2.31. The minimum absolute atomic E-state index is 0.0727. The van der Waals surface area contributed by atoms with Crippen molar-refractivity contribution in [1.29, 1.82) is 0 Å². The number of morpholine rings is 1. The molecular formula is C9H12BrNO3. The Hall–Kier alpha value is -0.580. The lowest BCUT2D eigenvalue weighted by atomic mass is 10.0. The molecule has 2 aliphatic heterocycles. The van der Waals surface area contributed by atoms with Gasteiger partial charge in [-0.3, -0.25) is 4.79 Å². The molecule has 0 unspecified atom stereocenters. The lowest BCUT2D eigenvalue weighted by Crippen LogP contribution is -2.60. The Morgan fingerprint density at radius 2 is 2.36 bits per heavy atom. The summed E-state index contributed by atoms with van der Waals surface area (Å²) >= 11 is 3.21. The number of nitrogens with zero attached hydrogens (tertiary/aromatic N) is 1. The SMILES string of the molecule is C[C@]1(CBr)OC(=O)[C@H]2CCCN2C1=O. The molecule has 2 aliphatic rings. The van der Waals surface area contributed by atoms with Crippen LogP contribution >= 0.6 is 15.9 Å². The van der Waals surface area contributed by atoms with Gasteiger partial charge in [0.2, 0.25) is 0 Å². The molecule has 0 bridgehead atoms. The number of esters is 1. The molecule has 0 radical (unpaired) electrons. The molecule has 2 atom stereocenters. The molecule has 2 fully saturated rings. The van der Waals surface area contributed by atoms with Crippen LogP contribution in [0, 0.1) is 0 Å². The summed E-state index contributed by atoms with van der Waals surface area (Å²) in [5, 5.41) is 0.355. The van der Waals surface area contributed by atoms with E-state index in [2.05, 4.69) is 15.9 Å². The van der Waals surface area contributed by atoms with Crippen LogP contribution in [0.25, 0.3) is 0 Å². The average molecular weight is 262 g/mol. The van der Waals surface area contributed by atoms with Crippen molar-refractivity contribution in [1.82, 2.24) is 4.90 Å². The highest BCUT2D eigenvalue weighted by atomic mass is 79.9. The molecule has 0 N–H and O–H groups in total. The molecule has 0 aliphatic carbocycles. The van der Waals surface area contributed by atoms with Crippen LogP contribution in [0.4, 0.5) is 0 Å². The number of hydrogen-bond donors (Lipinski definition) is 0. The zero-order valence-electron chi connectivity index (χ0n) is 7.96. The number of alkyl halides is 1. The van der Waals surface area contributed by atoms with Gasteiger partial charge in [0.1, 0.15) is 6.04 Å². The van der Waals surface area contributed by atoms with Crippen LogP contribution < -0.4 is 0 Å². The maximum Gasteiger partial charge on any atom is 0.329 e. The predicted molar refractivity (Wildman–Crippen MR) is 53.0 cm³/mol. The number of hydrogen-bond acceptors (Lipinski definition) is 3. The topological polar surface area (TPSA) is 46.6 Å². The minimum atomic E-state index is -1.00. The average Bonchev–Trinajstić information content (AvgIpc) is 2.63. The van der Waals surface area contributed by atoms with Gasteiger partial charge < -0.3 is 9.64 Å². The van der Waals surface area contributed by atoms with Crippen molar-refractivity contribution < 1.29 is 14.3 Å². The number of halogens is 1. The molecule has 0 aromatic rings. The molecule has 0 spiro atoms. The zero-order chi connectivity index (χ0) is 10.3. The van der Waals surface area contributed by atoms with E-state index in [-0.39, 0.29) is 17.9 Å². The summed E-state index contributed by atoms with van der Waals surface area (Å²) < 4.78 is 5.17. The summed E-state index contributed by atoms with van der Waals surface area (Å²) in [4.78, 5) is 25.1. The Balaban J connectivity index is 2.29. The summed E-state index contributed by atoms with van der Waals surface area (Å²) in [6, 6.07) is -0.324. The molecule has 78 valence electrons. The van der Waals surface area contributed by atoms with Gasteiger partial charge in [-0.05, 0) is 19.8 Å². The fourth-order valence-electron chi connectivity index (χ4n) is 1.98. The molecule has 2 saturated heterocycles. The molecule has 0 aromatic heterocycles. The Morgan fingerprint density at radius 1 is 1.64 bits per heavy atom. The smallest absolute Gasteiger partial charge is 0.329 e. The van der Waals surface area contributed by atoms with E-state index in [4.69, 9.17) is 4.74 Å². The third-order valence-corrected chi connectivity index (χ3v) is 3.89. The molecular weight excluding hydrogens is 250 g/mol. The number of ether oxygens (including phenoxy) is 1. The molecule has 2 rings (SSSR count). The molecule has 14 heavy (non-hydrogen) atoms. The molecule has 0 saturated carbocycles. The first-order valence-corrected chi connectivity index (χ1v) is 5.80. The number of cyclic esters (lactones) is 1. The van der Waals surface area contributed by atoms with Gasteiger partial charge in [0.05, 0.1) is 5.33 Å². The summed E-state index contributed by atoms with van der Waals surface area (Å²) in [5.74, 6) is -0.333. The minimum Gasteiger partial charge on any atom is -0.447 e. The van der Waals surface area contributed by atoms with Gasteiger partial charge in [0.15, 0.2) is 5.60 Å². The first kappa shape index (κ1) is 9.96. The van der Waals surface area contributed by atoms with Crippen LogP contribution in [0.15, 0.2) is 0 Å². The summed E-state index contributed by atoms with van der Waals surface area (Å²) in [6.07, 6.45) is 1.63. The predicted octanol–water partition coefficient (Wildman–Crippen LogP) is 0.688. The summed E-state index contributed by atoms with van der Waals surface area (Å²) in [7, 11) is 0. The first-order valence-electron chi connectivity index (χ1n) is 4.68. The number of amides is 1. The van der Waals surface area contributed by atoms with Crippen LogP contribution in [0.2, 0.25) is 0 Å². The number of rotatable bonds is 1. The largest absolute Gasteiger partial charge is 0.447 e. The van der Waals surface area contributed by atoms with E-state index < -0.39 is 5.60 Å². The maximum absolute atomic E-state index is 11.9. The molecule has 0 aromatic carbocycles. The second-order valence-electron chi connectivity index (χ2n) is 3.94. The van der Waals surface area contributed by atoms with E-state index >= 15 is 0 Å². The van der Waals surface area contributed by atoms with Gasteiger partial charge >= 0.3 is 5.97 Å². The molecule has 1 amide bonds.